The van der Waals surface area contributed by atoms with Crippen molar-refractivity contribution in [2.75, 3.05) is 5.32 Å². The van der Waals surface area contributed by atoms with Gasteiger partial charge in [-0.3, -0.25) is 10.8 Å². The van der Waals surface area contributed by atoms with Crippen molar-refractivity contribution in [2.45, 2.75) is 12.6 Å². The molecule has 1 unspecified atom stereocenters. The lowest BCUT2D eigenvalue weighted by atomic mass is 9.90. The van der Waals surface area contributed by atoms with Crippen LogP contribution in [0.25, 0.3) is 110 Å². The maximum atomic E-state index is 8.74. The number of aromatic amines is 3. The maximum absolute atomic E-state index is 8.74. The Bertz CT molecular complexity index is 4010. The second-order valence-corrected chi connectivity index (χ2v) is 17.0. The van der Waals surface area contributed by atoms with E-state index < -0.39 is 6.04 Å². The van der Waals surface area contributed by atoms with Crippen molar-refractivity contribution in [2.24, 2.45) is 17.2 Å². The summed E-state index contributed by atoms with van der Waals surface area (Å²) in [5.41, 5.74) is 34.3. The molecule has 0 spiro atoms. The summed E-state index contributed by atoms with van der Waals surface area (Å²) in [7, 11) is 0. The highest BCUT2D eigenvalue weighted by Gasteiger charge is 2.25. The van der Waals surface area contributed by atoms with E-state index in [-0.39, 0.29) is 11.9 Å². The van der Waals surface area contributed by atoms with Crippen LogP contribution in [0.3, 0.4) is 0 Å². The molecule has 0 amide bonds. The number of pyridine rings is 3. The smallest absolute Gasteiger partial charge is 0.190 e. The lowest BCUT2D eigenvalue weighted by Crippen LogP contribution is -2.34. The Kier molecular flexibility index (Phi) is 9.44. The summed E-state index contributed by atoms with van der Waals surface area (Å²) in [5, 5.41) is 28.9. The van der Waals surface area contributed by atoms with E-state index in [1.807, 2.05) is 85.1 Å². The van der Waals surface area contributed by atoms with Gasteiger partial charge in [-0.25, -0.2) is 15.0 Å². The van der Waals surface area contributed by atoms with Gasteiger partial charge < -0.3 is 42.8 Å². The van der Waals surface area contributed by atoms with Gasteiger partial charge in [0, 0.05) is 79.1 Å². The van der Waals surface area contributed by atoms with Gasteiger partial charge >= 0.3 is 0 Å². The lowest BCUT2D eigenvalue weighted by Gasteiger charge is -2.22. The molecule has 13 N–H and O–H groups in total. The molecule has 0 aliphatic rings. The molecule has 68 heavy (non-hydrogen) atoms. The standard InChI is InChI=1S/C55H43N13/c56-28-29-8-5-9-30(22-29)40-27-45(66-53-48(40)39-15-2-4-17-44(39)65-53)34-25-41-47-37(32-11-7-13-35(24-32)63-54(57)58)19-21-62-52(47)67-50(41)42(26-34)49(68-55(59)60)33-12-6-10-31(23-33)36-18-20-61-51-46(36)38-14-1-3-16-43(38)64-51/h1-27,49H,28,56H2,(H,61,64)(H,62,67)(H,65,66)(H4,57,58,63)(H4,59,60,68). The number of nitrogens with one attached hydrogen (secondary N) is 7. The Morgan fingerprint density at radius 1 is 0.544 bits per heavy atom. The van der Waals surface area contributed by atoms with Crippen LogP contribution >= 0.6 is 0 Å². The molecule has 0 radical (unpaired) electrons. The Labute approximate surface area is 388 Å². The highest BCUT2D eigenvalue weighted by atomic mass is 15.1. The maximum Gasteiger partial charge on any atom is 0.190 e. The minimum atomic E-state index is -0.618. The molecular weight excluding hydrogens is 843 g/mol. The number of para-hydroxylation sites is 2. The predicted molar refractivity (Wildman–Crippen MR) is 276 cm³/mol. The first-order valence-electron chi connectivity index (χ1n) is 22.2. The average Bonchev–Trinajstić information content (AvgIpc) is 4.06. The zero-order valence-electron chi connectivity index (χ0n) is 36.4. The van der Waals surface area contributed by atoms with E-state index in [1.165, 1.54) is 0 Å². The van der Waals surface area contributed by atoms with Gasteiger partial charge in [-0.05, 0) is 111 Å². The van der Waals surface area contributed by atoms with Gasteiger partial charge in [0.05, 0.1) is 17.3 Å². The van der Waals surface area contributed by atoms with Crippen LogP contribution < -0.4 is 27.8 Å². The molecule has 13 nitrogen and oxygen atoms in total. The molecule has 0 aliphatic heterocycles. The fraction of sp³-hybridized carbons (Fsp3) is 0.0364. The third-order valence-electron chi connectivity index (χ3n) is 12.9. The minimum absolute atomic E-state index is 0.153. The molecule has 12 aromatic rings. The topological polar surface area (TPSA) is 236 Å². The fourth-order valence-corrected chi connectivity index (χ4v) is 9.96. The van der Waals surface area contributed by atoms with E-state index in [9.17, 15) is 0 Å². The number of rotatable bonds is 9. The van der Waals surface area contributed by atoms with Gasteiger partial charge in [-0.1, -0.05) is 84.9 Å². The summed E-state index contributed by atoms with van der Waals surface area (Å²) in [5.74, 6) is -0.342. The molecule has 12 rings (SSSR count). The molecule has 6 aromatic carbocycles. The SMILES string of the molecule is N=C(N)Nc1cccc(-c2ccnc3[nH]c4c(C(NC(=N)N)c5cccc(-c6ccnc7[nH]c8ccccc8c67)c5)cc(-c5cc(-c6cccc(CN)c6)c6c(n5)[nH]c5ccccc56)cc4c23)c1. The summed E-state index contributed by atoms with van der Waals surface area (Å²) in [4.78, 5) is 25.8. The van der Waals surface area contributed by atoms with Crippen molar-refractivity contribution in [3.05, 3.63) is 181 Å². The molecule has 0 saturated heterocycles. The summed E-state index contributed by atoms with van der Waals surface area (Å²) in [6.07, 6.45) is 3.62. The number of nitrogens with zero attached hydrogens (tertiary/aromatic N) is 3. The molecule has 6 aromatic heterocycles. The molecule has 0 aliphatic carbocycles. The summed E-state index contributed by atoms with van der Waals surface area (Å²) in [6.45, 7) is 0.410. The molecule has 0 saturated carbocycles. The quantitative estimate of drug-likeness (QED) is 0.0493. The number of guanidine groups is 2. The summed E-state index contributed by atoms with van der Waals surface area (Å²) >= 11 is 0. The summed E-state index contributed by atoms with van der Waals surface area (Å²) < 4.78 is 0. The van der Waals surface area contributed by atoms with Gasteiger partial charge in [0.15, 0.2) is 11.9 Å². The molecule has 0 fully saturated rings. The van der Waals surface area contributed by atoms with Crippen LogP contribution in [0.2, 0.25) is 0 Å². The Morgan fingerprint density at radius 3 is 1.87 bits per heavy atom. The number of aromatic nitrogens is 6. The molecule has 1 atom stereocenters. The van der Waals surface area contributed by atoms with E-state index in [0.717, 1.165) is 121 Å². The van der Waals surface area contributed by atoms with Crippen LogP contribution in [0.1, 0.15) is 22.7 Å². The highest BCUT2D eigenvalue weighted by Crippen LogP contribution is 2.43. The van der Waals surface area contributed by atoms with Crippen LogP contribution in [0.4, 0.5) is 5.69 Å². The van der Waals surface area contributed by atoms with Crippen LogP contribution in [-0.4, -0.2) is 41.8 Å². The summed E-state index contributed by atoms with van der Waals surface area (Å²) in [6, 6.07) is 51.0. The Balaban J connectivity index is 1.13. The van der Waals surface area contributed by atoms with Crippen molar-refractivity contribution in [3.8, 4) is 44.6 Å². The van der Waals surface area contributed by atoms with Crippen LogP contribution in [0.15, 0.2) is 164 Å². The highest BCUT2D eigenvalue weighted by molar-refractivity contribution is 6.17. The average molecular weight is 886 g/mol. The number of H-pyrrole nitrogens is 3. The zero-order valence-corrected chi connectivity index (χ0v) is 36.4. The van der Waals surface area contributed by atoms with Gasteiger partial charge in [-0.2, -0.15) is 0 Å². The third-order valence-corrected chi connectivity index (χ3v) is 12.9. The number of fused-ring (bicyclic) bond motifs is 9. The first kappa shape index (κ1) is 40.2. The number of benzene rings is 6. The minimum Gasteiger partial charge on any atom is -0.370 e. The van der Waals surface area contributed by atoms with E-state index in [0.29, 0.717) is 17.9 Å². The molecule has 13 heteroatoms. The van der Waals surface area contributed by atoms with Gasteiger partial charge in [0.25, 0.3) is 0 Å². The zero-order chi connectivity index (χ0) is 46.0. The second-order valence-electron chi connectivity index (χ2n) is 17.0. The largest absolute Gasteiger partial charge is 0.370 e. The van der Waals surface area contributed by atoms with Crippen LogP contribution in [0.5, 0.6) is 0 Å². The number of hydrogen-bond acceptors (Lipinski definition) is 6. The van der Waals surface area contributed by atoms with Crippen molar-refractivity contribution in [1.82, 2.24) is 35.2 Å². The monoisotopic (exact) mass is 885 g/mol. The van der Waals surface area contributed by atoms with Crippen molar-refractivity contribution < 1.29 is 0 Å². The van der Waals surface area contributed by atoms with Crippen molar-refractivity contribution in [3.63, 3.8) is 0 Å². The van der Waals surface area contributed by atoms with Gasteiger partial charge in [0.2, 0.25) is 0 Å². The normalized spacial score (nSPS) is 12.1. The number of anilines is 1. The van der Waals surface area contributed by atoms with E-state index >= 15 is 0 Å². The first-order chi connectivity index (χ1) is 33.3. The third kappa shape index (κ3) is 6.80. The molecule has 6 heterocycles. The Morgan fingerprint density at radius 2 is 1.16 bits per heavy atom. The number of hydrogen-bond donors (Lipinski definition) is 10. The van der Waals surface area contributed by atoms with Crippen LogP contribution in [-0.2, 0) is 6.54 Å². The van der Waals surface area contributed by atoms with Gasteiger partial charge in [0.1, 0.15) is 16.9 Å². The van der Waals surface area contributed by atoms with Gasteiger partial charge in [-0.15, -0.1) is 0 Å². The second kappa shape index (κ2) is 16.0. The fourth-order valence-electron chi connectivity index (χ4n) is 9.96. The van der Waals surface area contributed by atoms with Crippen molar-refractivity contribution >= 4 is 83.4 Å². The Hall–Kier alpha value is -9.33. The van der Waals surface area contributed by atoms with Crippen LogP contribution in [0, 0.1) is 10.8 Å². The number of nitrogens with two attached hydrogens (primary N) is 3. The van der Waals surface area contributed by atoms with E-state index in [2.05, 4.69) is 98.4 Å². The first-order valence-corrected chi connectivity index (χ1v) is 22.2. The molecule has 0 bridgehead atoms. The predicted octanol–water partition coefficient (Wildman–Crippen LogP) is 10.8. The molecular formula is C55H43N13. The van der Waals surface area contributed by atoms with Crippen molar-refractivity contribution in [1.29, 1.82) is 10.8 Å². The van der Waals surface area contributed by atoms with E-state index in [4.69, 9.17) is 43.0 Å². The van der Waals surface area contributed by atoms with E-state index in [1.54, 1.807) is 6.20 Å². The lowest BCUT2D eigenvalue weighted by molar-refractivity contribution is 0.758. The molecule has 328 valence electrons.